The Labute approximate surface area is 165 Å². The minimum Gasteiger partial charge on any atom is -0.378 e. The van der Waals surface area contributed by atoms with E-state index < -0.39 is 0 Å². The summed E-state index contributed by atoms with van der Waals surface area (Å²) in [5, 5.41) is 5.92. The highest BCUT2D eigenvalue weighted by Crippen LogP contribution is 2.26. The Balaban J connectivity index is 1.69. The number of hydrogen-bond acceptors (Lipinski definition) is 4. The molecule has 148 valence electrons. The summed E-state index contributed by atoms with van der Waals surface area (Å²) in [6.45, 7) is 6.95. The fourth-order valence-corrected chi connectivity index (χ4v) is 3.04. The summed E-state index contributed by atoms with van der Waals surface area (Å²) >= 11 is 0. The number of amides is 2. The number of anilines is 2. The van der Waals surface area contributed by atoms with Gasteiger partial charge in [0.25, 0.3) is 11.8 Å². The van der Waals surface area contributed by atoms with Crippen molar-refractivity contribution in [3.05, 3.63) is 59.7 Å². The molecule has 2 amide bonds. The van der Waals surface area contributed by atoms with Crippen molar-refractivity contribution in [2.45, 2.75) is 26.3 Å². The average molecular weight is 381 g/mol. The summed E-state index contributed by atoms with van der Waals surface area (Å²) in [6.07, 6.45) is 0.870. The van der Waals surface area contributed by atoms with Crippen LogP contribution in [0.15, 0.2) is 48.5 Å². The molecule has 3 rings (SSSR count). The maximum atomic E-state index is 12.7. The first kappa shape index (κ1) is 19.9. The molecule has 1 aliphatic rings. The Hall–Kier alpha value is -2.86. The normalized spacial score (nSPS) is 15.0. The number of carbonyl (C=O) groups excluding carboxylic acids is 2. The standard InChI is InChI=1S/C22H27N3O3/c1-3-16(2)23-21(26)17-8-10-18(11-9-17)22(27)24-19-6-4-5-7-20(19)25-12-14-28-15-13-25/h4-11,16H,3,12-15H2,1-2H3,(H,23,26)(H,24,27). The van der Waals surface area contributed by atoms with E-state index in [0.29, 0.717) is 24.3 Å². The quantitative estimate of drug-likeness (QED) is 0.805. The van der Waals surface area contributed by atoms with Crippen molar-refractivity contribution in [3.63, 3.8) is 0 Å². The first-order valence-electron chi connectivity index (χ1n) is 9.72. The van der Waals surface area contributed by atoms with Crippen LogP contribution in [0.3, 0.4) is 0 Å². The molecule has 0 aromatic heterocycles. The molecule has 28 heavy (non-hydrogen) atoms. The number of nitrogens with zero attached hydrogens (tertiary/aromatic N) is 1. The van der Waals surface area contributed by atoms with Gasteiger partial charge in [0.1, 0.15) is 0 Å². The fraction of sp³-hybridized carbons (Fsp3) is 0.364. The molecule has 2 aromatic carbocycles. The second kappa shape index (κ2) is 9.37. The third kappa shape index (κ3) is 4.89. The van der Waals surface area contributed by atoms with Gasteiger partial charge in [-0.25, -0.2) is 0 Å². The molecule has 0 aliphatic carbocycles. The minimum atomic E-state index is -0.199. The van der Waals surface area contributed by atoms with E-state index in [1.165, 1.54) is 0 Å². The van der Waals surface area contributed by atoms with Crippen molar-refractivity contribution in [3.8, 4) is 0 Å². The zero-order valence-corrected chi connectivity index (χ0v) is 16.4. The van der Waals surface area contributed by atoms with Crippen LogP contribution in [0, 0.1) is 0 Å². The van der Waals surface area contributed by atoms with Crippen molar-refractivity contribution in [1.82, 2.24) is 5.32 Å². The monoisotopic (exact) mass is 381 g/mol. The molecule has 1 unspecified atom stereocenters. The van der Waals surface area contributed by atoms with Crippen molar-refractivity contribution >= 4 is 23.2 Å². The number of morpholine rings is 1. The highest BCUT2D eigenvalue weighted by Gasteiger charge is 2.16. The largest absolute Gasteiger partial charge is 0.378 e. The van der Waals surface area contributed by atoms with Gasteiger partial charge < -0.3 is 20.3 Å². The first-order chi connectivity index (χ1) is 13.6. The molecular formula is C22H27N3O3. The van der Waals surface area contributed by atoms with Crippen LogP contribution in [0.2, 0.25) is 0 Å². The van der Waals surface area contributed by atoms with Gasteiger partial charge in [-0.3, -0.25) is 9.59 Å². The molecule has 6 nitrogen and oxygen atoms in total. The first-order valence-corrected chi connectivity index (χ1v) is 9.72. The lowest BCUT2D eigenvalue weighted by Gasteiger charge is -2.30. The van der Waals surface area contributed by atoms with Crippen LogP contribution in [-0.4, -0.2) is 44.2 Å². The highest BCUT2D eigenvalue weighted by atomic mass is 16.5. The lowest BCUT2D eigenvalue weighted by atomic mass is 10.1. The van der Waals surface area contributed by atoms with Crippen LogP contribution in [0.4, 0.5) is 11.4 Å². The van der Waals surface area contributed by atoms with Gasteiger partial charge in [-0.2, -0.15) is 0 Å². The summed E-state index contributed by atoms with van der Waals surface area (Å²) in [4.78, 5) is 27.1. The van der Waals surface area contributed by atoms with Crippen LogP contribution >= 0.6 is 0 Å². The number of nitrogens with one attached hydrogen (secondary N) is 2. The Kier molecular flexibility index (Phi) is 6.66. The molecule has 2 N–H and O–H groups in total. The lowest BCUT2D eigenvalue weighted by Crippen LogP contribution is -2.36. The van der Waals surface area contributed by atoms with E-state index in [2.05, 4.69) is 15.5 Å². The van der Waals surface area contributed by atoms with Crippen LogP contribution in [0.5, 0.6) is 0 Å². The van der Waals surface area contributed by atoms with E-state index in [1.807, 2.05) is 38.1 Å². The summed E-state index contributed by atoms with van der Waals surface area (Å²) in [5.74, 6) is -0.325. The van der Waals surface area contributed by atoms with E-state index in [-0.39, 0.29) is 17.9 Å². The van der Waals surface area contributed by atoms with Gasteiger partial charge in [0.2, 0.25) is 0 Å². The van der Waals surface area contributed by atoms with Gasteiger partial charge in [0, 0.05) is 30.3 Å². The number of para-hydroxylation sites is 2. The van der Waals surface area contributed by atoms with E-state index in [4.69, 9.17) is 4.74 Å². The Bertz CT molecular complexity index is 814. The van der Waals surface area contributed by atoms with Crippen LogP contribution in [0.25, 0.3) is 0 Å². The molecular weight excluding hydrogens is 354 g/mol. The number of benzene rings is 2. The molecule has 2 aromatic rings. The third-order valence-electron chi connectivity index (χ3n) is 4.90. The van der Waals surface area contributed by atoms with E-state index in [1.54, 1.807) is 24.3 Å². The SMILES string of the molecule is CCC(C)NC(=O)c1ccc(C(=O)Nc2ccccc2N2CCOCC2)cc1. The number of carbonyl (C=O) groups is 2. The van der Waals surface area contributed by atoms with E-state index in [0.717, 1.165) is 30.9 Å². The number of rotatable bonds is 6. The van der Waals surface area contributed by atoms with E-state index >= 15 is 0 Å². The topological polar surface area (TPSA) is 70.7 Å². The molecule has 0 radical (unpaired) electrons. The summed E-state index contributed by atoms with van der Waals surface area (Å²) in [7, 11) is 0. The third-order valence-corrected chi connectivity index (χ3v) is 4.90. The predicted octanol–water partition coefficient (Wildman–Crippen LogP) is 3.30. The van der Waals surface area contributed by atoms with E-state index in [9.17, 15) is 9.59 Å². The molecule has 0 saturated carbocycles. The number of hydrogen-bond donors (Lipinski definition) is 2. The zero-order chi connectivity index (χ0) is 19.9. The zero-order valence-electron chi connectivity index (χ0n) is 16.4. The molecule has 1 aliphatic heterocycles. The molecule has 6 heteroatoms. The summed E-state index contributed by atoms with van der Waals surface area (Å²) in [5.41, 5.74) is 2.82. The Morgan fingerprint density at radius 3 is 2.25 bits per heavy atom. The Morgan fingerprint density at radius 2 is 1.61 bits per heavy atom. The lowest BCUT2D eigenvalue weighted by molar-refractivity contribution is 0.0937. The van der Waals surface area contributed by atoms with Gasteiger partial charge in [-0.15, -0.1) is 0 Å². The van der Waals surface area contributed by atoms with Crippen LogP contribution in [0.1, 0.15) is 41.0 Å². The van der Waals surface area contributed by atoms with Gasteiger partial charge in [0.05, 0.1) is 24.6 Å². The van der Waals surface area contributed by atoms with Gasteiger partial charge in [-0.1, -0.05) is 19.1 Å². The van der Waals surface area contributed by atoms with Crippen molar-refractivity contribution in [2.24, 2.45) is 0 Å². The minimum absolute atomic E-state index is 0.118. The fourth-order valence-electron chi connectivity index (χ4n) is 3.04. The maximum Gasteiger partial charge on any atom is 0.255 e. The molecule has 0 bridgehead atoms. The predicted molar refractivity (Wildman–Crippen MR) is 111 cm³/mol. The van der Waals surface area contributed by atoms with Crippen molar-refractivity contribution in [2.75, 3.05) is 36.5 Å². The smallest absolute Gasteiger partial charge is 0.255 e. The van der Waals surface area contributed by atoms with Crippen molar-refractivity contribution < 1.29 is 14.3 Å². The summed E-state index contributed by atoms with van der Waals surface area (Å²) < 4.78 is 5.41. The van der Waals surface area contributed by atoms with Crippen LogP contribution in [-0.2, 0) is 4.74 Å². The Morgan fingerprint density at radius 1 is 1.00 bits per heavy atom. The molecule has 1 fully saturated rings. The molecule has 0 spiro atoms. The molecule has 1 atom stereocenters. The van der Waals surface area contributed by atoms with Gasteiger partial charge in [-0.05, 0) is 49.7 Å². The molecule has 1 saturated heterocycles. The maximum absolute atomic E-state index is 12.7. The van der Waals surface area contributed by atoms with Crippen LogP contribution < -0.4 is 15.5 Å². The van der Waals surface area contributed by atoms with Gasteiger partial charge in [0.15, 0.2) is 0 Å². The second-order valence-electron chi connectivity index (χ2n) is 6.93. The average Bonchev–Trinajstić information content (AvgIpc) is 2.74. The second-order valence-corrected chi connectivity index (χ2v) is 6.93. The van der Waals surface area contributed by atoms with Crippen molar-refractivity contribution in [1.29, 1.82) is 0 Å². The van der Waals surface area contributed by atoms with Gasteiger partial charge >= 0.3 is 0 Å². The summed E-state index contributed by atoms with van der Waals surface area (Å²) in [6, 6.07) is 14.6. The molecule has 1 heterocycles. The number of ether oxygens (including phenoxy) is 1. The highest BCUT2D eigenvalue weighted by molar-refractivity contribution is 6.06.